The maximum absolute atomic E-state index is 12.2. The zero-order valence-corrected chi connectivity index (χ0v) is 9.41. The summed E-state index contributed by atoms with van der Waals surface area (Å²) in [4.78, 5) is 14.6. The number of methoxy groups -OCH3 is 1. The van der Waals surface area contributed by atoms with E-state index in [4.69, 9.17) is 4.74 Å². The Kier molecular flexibility index (Phi) is 3.87. The highest BCUT2D eigenvalue weighted by Gasteiger charge is 2.44. The molecule has 96 valence electrons. The van der Waals surface area contributed by atoms with E-state index < -0.39 is 24.0 Å². The van der Waals surface area contributed by atoms with Gasteiger partial charge in [-0.3, -0.25) is 4.79 Å². The Balaban J connectivity index is 2.87. The predicted molar refractivity (Wildman–Crippen MR) is 49.2 cm³/mol. The molecule has 1 aromatic rings. The molecule has 0 fully saturated rings. The molecule has 0 aliphatic carbocycles. The lowest BCUT2D eigenvalue weighted by atomic mass is 10.1. The van der Waals surface area contributed by atoms with Gasteiger partial charge in [-0.15, -0.1) is 0 Å². The molecule has 5 nitrogen and oxygen atoms in total. The van der Waals surface area contributed by atoms with Crippen molar-refractivity contribution in [3.63, 3.8) is 0 Å². The lowest BCUT2D eigenvalue weighted by Gasteiger charge is -2.08. The quantitative estimate of drug-likeness (QED) is 0.820. The van der Waals surface area contributed by atoms with Gasteiger partial charge in [0.25, 0.3) is 0 Å². The number of carbonyl (C=O) groups is 1. The third kappa shape index (κ3) is 3.02. The third-order valence-electron chi connectivity index (χ3n) is 2.22. The van der Waals surface area contributed by atoms with Gasteiger partial charge in [-0.2, -0.15) is 18.2 Å². The summed E-state index contributed by atoms with van der Waals surface area (Å²) in [7, 11) is 1.39. The van der Waals surface area contributed by atoms with Gasteiger partial charge in [-0.05, 0) is 13.8 Å². The second-order valence-electron chi connectivity index (χ2n) is 3.45. The fourth-order valence-corrected chi connectivity index (χ4v) is 1.05. The van der Waals surface area contributed by atoms with Crippen molar-refractivity contribution >= 4 is 5.78 Å². The zero-order valence-electron chi connectivity index (χ0n) is 9.41. The van der Waals surface area contributed by atoms with Gasteiger partial charge in [-0.25, -0.2) is 0 Å². The van der Waals surface area contributed by atoms with E-state index in [2.05, 4.69) is 14.7 Å². The first-order valence-electron chi connectivity index (χ1n) is 4.74. The van der Waals surface area contributed by atoms with Crippen LogP contribution in [0, 0.1) is 0 Å². The summed E-state index contributed by atoms with van der Waals surface area (Å²) in [6.45, 7) is 2.66. The van der Waals surface area contributed by atoms with Crippen LogP contribution in [-0.2, 0) is 9.53 Å². The molecule has 1 heterocycles. The van der Waals surface area contributed by atoms with Gasteiger partial charge >= 0.3 is 6.18 Å². The summed E-state index contributed by atoms with van der Waals surface area (Å²) < 4.78 is 45.9. The summed E-state index contributed by atoms with van der Waals surface area (Å²) in [6, 6.07) is 0. The second kappa shape index (κ2) is 4.82. The molecule has 1 aromatic heterocycles. The molecular formula is C9H11F3N2O3. The summed E-state index contributed by atoms with van der Waals surface area (Å²) in [6.07, 6.45) is -5.43. The van der Waals surface area contributed by atoms with E-state index in [0.717, 1.165) is 6.92 Å². The Labute approximate surface area is 94.9 Å². The predicted octanol–water partition coefficient (Wildman–Crippen LogP) is 2.01. The molecule has 2 atom stereocenters. The van der Waals surface area contributed by atoms with Crippen molar-refractivity contribution < 1.29 is 27.2 Å². The van der Waals surface area contributed by atoms with Gasteiger partial charge < -0.3 is 9.26 Å². The Morgan fingerprint density at radius 1 is 1.41 bits per heavy atom. The normalized spacial score (nSPS) is 15.6. The monoisotopic (exact) mass is 252 g/mol. The highest BCUT2D eigenvalue weighted by molar-refractivity contribution is 5.89. The minimum Gasteiger partial charge on any atom is -0.374 e. The van der Waals surface area contributed by atoms with Crippen molar-refractivity contribution in [1.82, 2.24) is 10.1 Å². The fraction of sp³-hybridized carbons (Fsp3) is 0.667. The van der Waals surface area contributed by atoms with Crippen molar-refractivity contribution in [2.45, 2.75) is 32.0 Å². The molecule has 0 saturated heterocycles. The number of nitrogens with zero attached hydrogens (tertiary/aromatic N) is 2. The number of ether oxygens (including phenoxy) is 1. The topological polar surface area (TPSA) is 65.2 Å². The molecule has 2 unspecified atom stereocenters. The molecule has 8 heteroatoms. The highest BCUT2D eigenvalue weighted by atomic mass is 19.4. The number of halogens is 3. The fourth-order valence-electron chi connectivity index (χ4n) is 1.05. The number of hydrogen-bond acceptors (Lipinski definition) is 5. The molecule has 0 N–H and O–H groups in total. The molecule has 0 bridgehead atoms. The van der Waals surface area contributed by atoms with Gasteiger partial charge in [0.15, 0.2) is 5.82 Å². The number of hydrogen-bond donors (Lipinski definition) is 0. The molecule has 0 aliphatic rings. The molecular weight excluding hydrogens is 241 g/mol. The van der Waals surface area contributed by atoms with E-state index in [1.807, 2.05) is 0 Å². The van der Waals surface area contributed by atoms with Crippen LogP contribution in [-0.4, -0.2) is 29.2 Å². The van der Waals surface area contributed by atoms with Gasteiger partial charge in [0.1, 0.15) is 12.0 Å². The smallest absolute Gasteiger partial charge is 0.374 e. The van der Waals surface area contributed by atoms with E-state index in [9.17, 15) is 18.0 Å². The van der Waals surface area contributed by atoms with Crippen molar-refractivity contribution in [1.29, 1.82) is 0 Å². The van der Waals surface area contributed by atoms with Crippen LogP contribution in [0.1, 0.15) is 37.6 Å². The SMILES string of the molecule is COC(C)c1noc(C(C)C(=O)C(F)(F)F)n1. The summed E-state index contributed by atoms with van der Waals surface area (Å²) in [5, 5.41) is 3.44. The molecule has 0 aliphatic heterocycles. The van der Waals surface area contributed by atoms with E-state index in [0.29, 0.717) is 0 Å². The molecule has 1 rings (SSSR count). The van der Waals surface area contributed by atoms with E-state index in [1.165, 1.54) is 7.11 Å². The van der Waals surface area contributed by atoms with Crippen LogP contribution in [0.15, 0.2) is 4.52 Å². The van der Waals surface area contributed by atoms with Crippen LogP contribution in [0.2, 0.25) is 0 Å². The number of carbonyl (C=O) groups excluding carboxylic acids is 1. The zero-order chi connectivity index (χ0) is 13.2. The summed E-state index contributed by atoms with van der Waals surface area (Å²) in [5.41, 5.74) is 0. The Hall–Kier alpha value is -1.44. The van der Waals surface area contributed by atoms with Crippen LogP contribution < -0.4 is 0 Å². The number of alkyl halides is 3. The molecule has 0 aromatic carbocycles. The Bertz CT molecular complexity index is 402. The van der Waals surface area contributed by atoms with Gasteiger partial charge in [0, 0.05) is 7.11 Å². The first kappa shape index (κ1) is 13.6. The van der Waals surface area contributed by atoms with Crippen molar-refractivity contribution in [2.75, 3.05) is 7.11 Å². The average Bonchev–Trinajstić information content (AvgIpc) is 2.73. The van der Waals surface area contributed by atoms with Crippen molar-refractivity contribution in [2.24, 2.45) is 0 Å². The summed E-state index contributed by atoms with van der Waals surface area (Å²) >= 11 is 0. The van der Waals surface area contributed by atoms with Crippen LogP contribution in [0.3, 0.4) is 0 Å². The van der Waals surface area contributed by atoms with Gasteiger partial charge in [-0.1, -0.05) is 5.16 Å². The minimum absolute atomic E-state index is 0.101. The van der Waals surface area contributed by atoms with Crippen LogP contribution in [0.4, 0.5) is 13.2 Å². The first-order chi connectivity index (χ1) is 7.77. The maximum atomic E-state index is 12.2. The van der Waals surface area contributed by atoms with Crippen LogP contribution >= 0.6 is 0 Å². The number of ketones is 1. The molecule has 0 saturated carbocycles. The van der Waals surface area contributed by atoms with Crippen molar-refractivity contribution in [3.8, 4) is 0 Å². The third-order valence-corrected chi connectivity index (χ3v) is 2.22. The molecule has 0 spiro atoms. The Morgan fingerprint density at radius 3 is 2.47 bits per heavy atom. The Morgan fingerprint density at radius 2 is 2.00 bits per heavy atom. The lowest BCUT2D eigenvalue weighted by molar-refractivity contribution is -0.172. The first-order valence-corrected chi connectivity index (χ1v) is 4.74. The molecule has 17 heavy (non-hydrogen) atoms. The van der Waals surface area contributed by atoms with E-state index in [-0.39, 0.29) is 11.7 Å². The van der Waals surface area contributed by atoms with Gasteiger partial charge in [0.05, 0.1) is 0 Å². The second-order valence-corrected chi connectivity index (χ2v) is 3.45. The molecule has 0 radical (unpaired) electrons. The molecule has 0 amide bonds. The average molecular weight is 252 g/mol. The van der Waals surface area contributed by atoms with E-state index in [1.54, 1.807) is 6.92 Å². The van der Waals surface area contributed by atoms with Crippen molar-refractivity contribution in [3.05, 3.63) is 11.7 Å². The van der Waals surface area contributed by atoms with Gasteiger partial charge in [0.2, 0.25) is 11.7 Å². The minimum atomic E-state index is -4.92. The van der Waals surface area contributed by atoms with Crippen LogP contribution in [0.5, 0.6) is 0 Å². The summed E-state index contributed by atoms with van der Waals surface area (Å²) in [5.74, 6) is -3.70. The standard InChI is InChI=1S/C9H11F3N2O3/c1-4(6(15)9(10,11)12)8-13-7(14-17-8)5(2)16-3/h4-5H,1-3H3. The number of rotatable bonds is 4. The van der Waals surface area contributed by atoms with E-state index >= 15 is 0 Å². The van der Waals surface area contributed by atoms with Crippen LogP contribution in [0.25, 0.3) is 0 Å². The number of Topliss-reactive ketones (excluding diaryl/α,β-unsaturated/α-hetero) is 1. The highest BCUT2D eigenvalue weighted by Crippen LogP contribution is 2.27. The largest absolute Gasteiger partial charge is 0.450 e. The lowest BCUT2D eigenvalue weighted by Crippen LogP contribution is -2.27. The number of aromatic nitrogens is 2. The maximum Gasteiger partial charge on any atom is 0.450 e.